The molecular formula is C14H17N3O3S. The Labute approximate surface area is 127 Å². The predicted octanol–water partition coefficient (Wildman–Crippen LogP) is 2.19. The molecule has 0 heterocycles. The number of thioether (sulfide) groups is 1. The highest BCUT2D eigenvalue weighted by molar-refractivity contribution is 7.98. The summed E-state index contributed by atoms with van der Waals surface area (Å²) in [4.78, 5) is 22.9. The highest BCUT2D eigenvalue weighted by Crippen LogP contribution is 2.18. The fraction of sp³-hybridized carbons (Fsp3) is 0.357. The van der Waals surface area contributed by atoms with E-state index >= 15 is 0 Å². The number of carboxylic acids is 1. The third-order valence-electron chi connectivity index (χ3n) is 2.85. The molecule has 112 valence electrons. The summed E-state index contributed by atoms with van der Waals surface area (Å²) in [7, 11) is 0. The number of carboxylic acid groups (broad SMARTS) is 1. The van der Waals surface area contributed by atoms with E-state index < -0.39 is 18.0 Å². The number of nitriles is 1. The van der Waals surface area contributed by atoms with E-state index in [0.29, 0.717) is 23.4 Å². The van der Waals surface area contributed by atoms with Gasteiger partial charge in [0.2, 0.25) is 0 Å². The largest absolute Gasteiger partial charge is 0.480 e. The van der Waals surface area contributed by atoms with E-state index in [-0.39, 0.29) is 0 Å². The molecular weight excluding hydrogens is 290 g/mol. The van der Waals surface area contributed by atoms with E-state index in [1.54, 1.807) is 25.1 Å². The number of hydrogen-bond donors (Lipinski definition) is 3. The average molecular weight is 307 g/mol. The number of aryl methyl sites for hydroxylation is 1. The third-order valence-corrected chi connectivity index (χ3v) is 3.49. The molecule has 0 fully saturated rings. The lowest BCUT2D eigenvalue weighted by Gasteiger charge is -2.15. The minimum atomic E-state index is -1.08. The molecule has 6 nitrogen and oxygen atoms in total. The van der Waals surface area contributed by atoms with Crippen LogP contribution < -0.4 is 10.6 Å². The molecule has 3 N–H and O–H groups in total. The molecule has 0 aliphatic heterocycles. The van der Waals surface area contributed by atoms with Crippen LogP contribution in [-0.2, 0) is 4.79 Å². The van der Waals surface area contributed by atoms with Crippen molar-refractivity contribution >= 4 is 29.4 Å². The first kappa shape index (κ1) is 16.9. The number of amides is 2. The van der Waals surface area contributed by atoms with Crippen LogP contribution in [0.15, 0.2) is 18.2 Å². The van der Waals surface area contributed by atoms with Crippen molar-refractivity contribution in [2.45, 2.75) is 19.4 Å². The van der Waals surface area contributed by atoms with Gasteiger partial charge in [0.1, 0.15) is 12.1 Å². The number of benzene rings is 1. The molecule has 7 heteroatoms. The maximum atomic E-state index is 11.9. The molecule has 0 spiro atoms. The van der Waals surface area contributed by atoms with Gasteiger partial charge in [-0.25, -0.2) is 9.59 Å². The molecule has 0 bridgehead atoms. The lowest BCUT2D eigenvalue weighted by molar-refractivity contribution is -0.139. The second-order valence-electron chi connectivity index (χ2n) is 4.38. The van der Waals surface area contributed by atoms with Crippen molar-refractivity contribution in [1.29, 1.82) is 5.26 Å². The molecule has 2 amide bonds. The lowest BCUT2D eigenvalue weighted by atomic mass is 10.1. The molecule has 1 aromatic carbocycles. The summed E-state index contributed by atoms with van der Waals surface area (Å²) in [6.45, 7) is 1.76. The van der Waals surface area contributed by atoms with Gasteiger partial charge >= 0.3 is 12.0 Å². The number of rotatable bonds is 6. The molecule has 0 aromatic heterocycles. The fourth-order valence-electron chi connectivity index (χ4n) is 1.73. The van der Waals surface area contributed by atoms with Gasteiger partial charge < -0.3 is 15.7 Å². The molecule has 0 aliphatic carbocycles. The Morgan fingerprint density at radius 3 is 2.76 bits per heavy atom. The van der Waals surface area contributed by atoms with Gasteiger partial charge in [-0.05, 0) is 37.0 Å². The molecule has 0 radical (unpaired) electrons. The van der Waals surface area contributed by atoms with Crippen LogP contribution in [0.5, 0.6) is 0 Å². The van der Waals surface area contributed by atoms with E-state index in [9.17, 15) is 9.59 Å². The summed E-state index contributed by atoms with van der Waals surface area (Å²) in [5.41, 5.74) is 1.47. The Morgan fingerprint density at radius 2 is 2.19 bits per heavy atom. The topological polar surface area (TPSA) is 102 Å². The van der Waals surface area contributed by atoms with Crippen LogP contribution in [0.25, 0.3) is 0 Å². The number of carbonyl (C=O) groups is 2. The van der Waals surface area contributed by atoms with Gasteiger partial charge in [-0.1, -0.05) is 12.1 Å². The molecule has 21 heavy (non-hydrogen) atoms. The van der Waals surface area contributed by atoms with E-state index in [2.05, 4.69) is 10.6 Å². The van der Waals surface area contributed by atoms with Crippen LogP contribution in [0.1, 0.15) is 17.5 Å². The van der Waals surface area contributed by atoms with Crippen LogP contribution in [0.3, 0.4) is 0 Å². The highest BCUT2D eigenvalue weighted by Gasteiger charge is 2.19. The Bertz CT molecular complexity index is 569. The molecule has 0 aliphatic rings. The summed E-state index contributed by atoms with van der Waals surface area (Å²) >= 11 is 1.51. The summed E-state index contributed by atoms with van der Waals surface area (Å²) in [6.07, 6.45) is 2.20. The van der Waals surface area contributed by atoms with Gasteiger partial charge in [0.15, 0.2) is 0 Å². The van der Waals surface area contributed by atoms with Crippen molar-refractivity contribution in [3.05, 3.63) is 29.3 Å². The van der Waals surface area contributed by atoms with Crippen LogP contribution in [-0.4, -0.2) is 35.2 Å². The monoisotopic (exact) mass is 307 g/mol. The van der Waals surface area contributed by atoms with Crippen molar-refractivity contribution in [2.75, 3.05) is 17.3 Å². The first-order chi connectivity index (χ1) is 9.99. The van der Waals surface area contributed by atoms with E-state index in [1.165, 1.54) is 11.8 Å². The SMILES string of the molecule is CSCCC(NC(=O)Nc1cccc(C)c1C#N)C(=O)O. The molecule has 1 aromatic rings. The van der Waals surface area contributed by atoms with Crippen LogP contribution >= 0.6 is 11.8 Å². The number of nitrogens with zero attached hydrogens (tertiary/aromatic N) is 1. The second-order valence-corrected chi connectivity index (χ2v) is 5.37. The molecule has 0 saturated heterocycles. The number of urea groups is 1. The lowest BCUT2D eigenvalue weighted by Crippen LogP contribution is -2.43. The standard InChI is InChI=1S/C14H17N3O3S/c1-9-4-3-5-11(10(9)8-15)16-14(20)17-12(13(18)19)6-7-21-2/h3-5,12H,6-7H2,1-2H3,(H,18,19)(H2,16,17,20). The van der Waals surface area contributed by atoms with Gasteiger partial charge in [0, 0.05) is 0 Å². The number of carbonyl (C=O) groups excluding carboxylic acids is 1. The first-order valence-electron chi connectivity index (χ1n) is 6.28. The number of hydrogen-bond acceptors (Lipinski definition) is 4. The van der Waals surface area contributed by atoms with Crippen molar-refractivity contribution in [3.8, 4) is 6.07 Å². The zero-order chi connectivity index (χ0) is 15.8. The Hall–Kier alpha value is -2.20. The number of anilines is 1. The van der Waals surface area contributed by atoms with Crippen molar-refractivity contribution in [2.24, 2.45) is 0 Å². The predicted molar refractivity (Wildman–Crippen MR) is 82.5 cm³/mol. The van der Waals surface area contributed by atoms with Crippen molar-refractivity contribution in [1.82, 2.24) is 5.32 Å². The minimum Gasteiger partial charge on any atom is -0.480 e. The van der Waals surface area contributed by atoms with Crippen molar-refractivity contribution in [3.63, 3.8) is 0 Å². The van der Waals surface area contributed by atoms with Crippen LogP contribution in [0, 0.1) is 18.3 Å². The summed E-state index contributed by atoms with van der Waals surface area (Å²) < 4.78 is 0. The highest BCUT2D eigenvalue weighted by atomic mass is 32.2. The first-order valence-corrected chi connectivity index (χ1v) is 7.68. The summed E-state index contributed by atoms with van der Waals surface area (Å²) in [5.74, 6) is -0.450. The number of aliphatic carboxylic acids is 1. The van der Waals surface area contributed by atoms with E-state index in [1.807, 2.05) is 12.3 Å². The van der Waals surface area contributed by atoms with E-state index in [4.69, 9.17) is 10.4 Å². The van der Waals surface area contributed by atoms with Gasteiger partial charge in [0.05, 0.1) is 11.3 Å². The van der Waals surface area contributed by atoms with Gasteiger partial charge in [-0.2, -0.15) is 17.0 Å². The fourth-order valence-corrected chi connectivity index (χ4v) is 2.20. The minimum absolute atomic E-state index is 0.336. The Balaban J connectivity index is 2.75. The quantitative estimate of drug-likeness (QED) is 0.747. The van der Waals surface area contributed by atoms with Crippen LogP contribution in [0.2, 0.25) is 0 Å². The molecule has 1 atom stereocenters. The normalized spacial score (nSPS) is 11.3. The van der Waals surface area contributed by atoms with Crippen molar-refractivity contribution < 1.29 is 14.7 Å². The smallest absolute Gasteiger partial charge is 0.326 e. The summed E-state index contributed by atoms with van der Waals surface area (Å²) in [6, 6.07) is 5.51. The van der Waals surface area contributed by atoms with Gasteiger partial charge in [-0.15, -0.1) is 0 Å². The molecule has 1 unspecified atom stereocenters. The molecule has 1 rings (SSSR count). The van der Waals surface area contributed by atoms with E-state index in [0.717, 1.165) is 5.56 Å². The summed E-state index contributed by atoms with van der Waals surface area (Å²) in [5, 5.41) is 23.1. The van der Waals surface area contributed by atoms with Crippen LogP contribution in [0.4, 0.5) is 10.5 Å². The Kier molecular flexibility index (Phi) is 6.56. The second kappa shape index (κ2) is 8.17. The zero-order valence-corrected chi connectivity index (χ0v) is 12.7. The van der Waals surface area contributed by atoms with Gasteiger partial charge in [0.25, 0.3) is 0 Å². The molecule has 0 saturated carbocycles. The zero-order valence-electron chi connectivity index (χ0n) is 11.8. The maximum absolute atomic E-state index is 11.9. The number of nitrogens with one attached hydrogen (secondary N) is 2. The third kappa shape index (κ3) is 5.00. The average Bonchev–Trinajstić information content (AvgIpc) is 2.43. The maximum Gasteiger partial charge on any atom is 0.326 e. The Morgan fingerprint density at radius 1 is 1.48 bits per heavy atom. The van der Waals surface area contributed by atoms with Gasteiger partial charge in [-0.3, -0.25) is 0 Å².